The van der Waals surface area contributed by atoms with Gasteiger partial charge in [-0.25, -0.2) is 24.3 Å². The zero-order valence-corrected chi connectivity index (χ0v) is 17.1. The van der Waals surface area contributed by atoms with Gasteiger partial charge in [0.2, 0.25) is 0 Å². The van der Waals surface area contributed by atoms with Gasteiger partial charge in [0.25, 0.3) is 0 Å². The smallest absolute Gasteiger partial charge is 0.305 e. The molecule has 0 fully saturated rings. The van der Waals surface area contributed by atoms with Gasteiger partial charge in [0.05, 0.1) is 18.5 Å². The first-order chi connectivity index (χ1) is 14.9. The topological polar surface area (TPSA) is 126 Å². The number of carboxylic acid groups (broad SMARTS) is 1. The summed E-state index contributed by atoms with van der Waals surface area (Å²) in [5, 5.41) is 15.6. The first-order valence-corrected chi connectivity index (χ1v) is 9.82. The molecule has 4 rings (SSSR count). The van der Waals surface area contributed by atoms with Crippen molar-refractivity contribution in [1.82, 2.24) is 24.9 Å². The first kappa shape index (κ1) is 20.6. The van der Waals surface area contributed by atoms with Gasteiger partial charge in [-0.3, -0.25) is 9.78 Å². The lowest BCUT2D eigenvalue weighted by molar-refractivity contribution is -0.137. The number of fused-ring (bicyclic) bond motifs is 1. The first-order valence-electron chi connectivity index (χ1n) is 9.82. The second-order valence-electron chi connectivity index (χ2n) is 7.92. The number of aromatic nitrogens is 5. The van der Waals surface area contributed by atoms with Gasteiger partial charge >= 0.3 is 5.97 Å². The molecule has 0 spiro atoms. The lowest BCUT2D eigenvalue weighted by atomic mass is 9.79. The van der Waals surface area contributed by atoms with Crippen molar-refractivity contribution < 1.29 is 14.3 Å². The van der Waals surface area contributed by atoms with Crippen molar-refractivity contribution in [3.05, 3.63) is 66.0 Å². The maximum atomic E-state index is 14.7. The highest BCUT2D eigenvalue weighted by Gasteiger charge is 2.35. The number of anilines is 2. The third-order valence-electron chi connectivity index (χ3n) is 5.55. The Hall–Kier alpha value is -3.69. The van der Waals surface area contributed by atoms with Crippen LogP contribution in [-0.2, 0) is 10.2 Å². The molecule has 1 aliphatic heterocycles. The molecule has 0 bridgehead atoms. The number of aliphatic carboxylic acids is 1. The van der Waals surface area contributed by atoms with Crippen LogP contribution in [0.1, 0.15) is 43.3 Å². The Morgan fingerprint density at radius 2 is 2.16 bits per heavy atom. The van der Waals surface area contributed by atoms with Crippen molar-refractivity contribution in [2.75, 3.05) is 17.2 Å². The Morgan fingerprint density at radius 3 is 2.90 bits per heavy atom. The molecule has 1 aliphatic rings. The molecule has 3 N–H and O–H groups in total. The predicted octanol–water partition coefficient (Wildman–Crippen LogP) is 2.59. The van der Waals surface area contributed by atoms with E-state index in [0.717, 1.165) is 11.8 Å². The fourth-order valence-corrected chi connectivity index (χ4v) is 3.68. The van der Waals surface area contributed by atoms with Crippen molar-refractivity contribution in [3.63, 3.8) is 0 Å². The summed E-state index contributed by atoms with van der Waals surface area (Å²) in [5.74, 6) is -0.865. The molecular weight excluding hydrogens is 401 g/mol. The van der Waals surface area contributed by atoms with Crippen LogP contribution in [0.25, 0.3) is 0 Å². The van der Waals surface area contributed by atoms with E-state index < -0.39 is 23.2 Å². The minimum atomic E-state index is -1.01. The normalized spacial score (nSPS) is 16.3. The van der Waals surface area contributed by atoms with Gasteiger partial charge < -0.3 is 15.7 Å². The molecule has 31 heavy (non-hydrogen) atoms. The molecule has 0 radical (unpaired) electrons. The third-order valence-corrected chi connectivity index (χ3v) is 5.55. The van der Waals surface area contributed by atoms with Gasteiger partial charge in [-0.15, -0.1) is 0 Å². The van der Waals surface area contributed by atoms with E-state index in [2.05, 4.69) is 35.6 Å². The van der Waals surface area contributed by atoms with Gasteiger partial charge in [-0.1, -0.05) is 19.9 Å². The van der Waals surface area contributed by atoms with Crippen LogP contribution < -0.4 is 10.6 Å². The number of hydrogen-bond acceptors (Lipinski definition) is 8. The molecule has 0 saturated heterocycles. The van der Waals surface area contributed by atoms with Crippen LogP contribution in [0, 0.1) is 5.82 Å². The Kier molecular flexibility index (Phi) is 5.45. The molecule has 3 aromatic heterocycles. The van der Waals surface area contributed by atoms with Crippen LogP contribution in [0.2, 0.25) is 0 Å². The highest BCUT2D eigenvalue weighted by atomic mass is 19.1. The summed E-state index contributed by atoms with van der Waals surface area (Å²) >= 11 is 0. The van der Waals surface area contributed by atoms with E-state index in [9.17, 15) is 14.3 Å². The molecule has 4 heterocycles. The van der Waals surface area contributed by atoms with E-state index in [-0.39, 0.29) is 18.2 Å². The van der Waals surface area contributed by atoms with E-state index in [4.69, 9.17) is 0 Å². The highest BCUT2D eigenvalue weighted by molar-refractivity contribution is 5.68. The summed E-state index contributed by atoms with van der Waals surface area (Å²) in [5.41, 5.74) is 0.803. The molecular formula is C21H22FN7O2. The fourth-order valence-electron chi connectivity index (χ4n) is 3.68. The van der Waals surface area contributed by atoms with Crippen molar-refractivity contribution in [3.8, 4) is 0 Å². The Bertz CT molecular complexity index is 1090. The number of hydrogen-bond donors (Lipinski definition) is 3. The molecule has 2 unspecified atom stereocenters. The van der Waals surface area contributed by atoms with Crippen molar-refractivity contribution in [2.24, 2.45) is 0 Å². The monoisotopic (exact) mass is 423 g/mol. The zero-order valence-electron chi connectivity index (χ0n) is 17.1. The molecule has 0 aliphatic carbocycles. The summed E-state index contributed by atoms with van der Waals surface area (Å²) in [6.45, 7) is 4.24. The summed E-state index contributed by atoms with van der Waals surface area (Å²) < 4.78 is 14.7. The molecule has 9 nitrogen and oxygen atoms in total. The quantitative estimate of drug-likeness (QED) is 0.525. The van der Waals surface area contributed by atoms with Crippen LogP contribution in [0.3, 0.4) is 0 Å². The zero-order chi connectivity index (χ0) is 22.0. The Labute approximate surface area is 178 Å². The minimum absolute atomic E-state index is 0.0504. The third kappa shape index (κ3) is 4.14. The maximum absolute atomic E-state index is 14.7. The summed E-state index contributed by atoms with van der Waals surface area (Å²) in [4.78, 5) is 32.7. The van der Waals surface area contributed by atoms with E-state index in [1.54, 1.807) is 18.5 Å². The lowest BCUT2D eigenvalue weighted by Gasteiger charge is -2.34. The van der Waals surface area contributed by atoms with Crippen LogP contribution in [0.15, 0.2) is 43.1 Å². The number of carbonyl (C=O) groups is 1. The SMILES string of the molecule is CC(C)(c1ccccn1)C(CC(=O)O)Nc1nc(C2CNc3ncncc32)ncc1F. The van der Waals surface area contributed by atoms with Crippen LogP contribution >= 0.6 is 0 Å². The molecule has 2 atom stereocenters. The molecule has 0 amide bonds. The van der Waals surface area contributed by atoms with E-state index in [1.807, 2.05) is 26.0 Å². The summed E-state index contributed by atoms with van der Waals surface area (Å²) in [6.07, 6.45) is 5.63. The molecule has 10 heteroatoms. The van der Waals surface area contributed by atoms with Gasteiger partial charge in [0, 0.05) is 41.7 Å². The second kappa shape index (κ2) is 8.21. The molecule has 160 valence electrons. The van der Waals surface area contributed by atoms with E-state index in [1.165, 1.54) is 6.33 Å². The molecule has 0 aromatic carbocycles. The Morgan fingerprint density at radius 1 is 1.32 bits per heavy atom. The maximum Gasteiger partial charge on any atom is 0.305 e. The van der Waals surface area contributed by atoms with Gasteiger partial charge in [-0.05, 0) is 12.1 Å². The number of halogens is 1. The number of nitrogens with zero attached hydrogens (tertiary/aromatic N) is 5. The largest absolute Gasteiger partial charge is 0.481 e. The van der Waals surface area contributed by atoms with E-state index in [0.29, 0.717) is 23.9 Å². The van der Waals surface area contributed by atoms with Crippen molar-refractivity contribution in [1.29, 1.82) is 0 Å². The minimum Gasteiger partial charge on any atom is -0.481 e. The van der Waals surface area contributed by atoms with Crippen molar-refractivity contribution >= 4 is 17.6 Å². The number of carboxylic acids is 1. The standard InChI is InChI=1S/C21H22FN7O2/c1-21(2,15-5-3-4-6-24-15)16(7-17(30)31)28-20-14(22)10-26-19(29-20)13-9-25-18-12(13)8-23-11-27-18/h3-6,8,10-11,13,16H,7,9H2,1-2H3,(H,30,31)(H,23,25,27)(H,26,28,29). The van der Waals surface area contributed by atoms with Crippen LogP contribution in [0.4, 0.5) is 16.0 Å². The highest BCUT2D eigenvalue weighted by Crippen LogP contribution is 2.34. The summed E-state index contributed by atoms with van der Waals surface area (Å²) in [6, 6.07) is 4.76. The predicted molar refractivity (Wildman–Crippen MR) is 111 cm³/mol. The number of pyridine rings is 1. The fraction of sp³-hybridized carbons (Fsp3) is 0.333. The van der Waals surface area contributed by atoms with Crippen LogP contribution in [-0.4, -0.2) is 48.6 Å². The average Bonchev–Trinajstić information content (AvgIpc) is 3.19. The van der Waals surface area contributed by atoms with Gasteiger partial charge in [0.15, 0.2) is 11.6 Å². The van der Waals surface area contributed by atoms with Crippen LogP contribution in [0.5, 0.6) is 0 Å². The van der Waals surface area contributed by atoms with Gasteiger partial charge in [0.1, 0.15) is 18.0 Å². The Balaban J connectivity index is 1.66. The average molecular weight is 423 g/mol. The number of nitrogens with one attached hydrogen (secondary N) is 2. The molecule has 3 aromatic rings. The lowest BCUT2D eigenvalue weighted by Crippen LogP contribution is -2.42. The second-order valence-corrected chi connectivity index (χ2v) is 7.92. The molecule has 0 saturated carbocycles. The number of rotatable bonds is 7. The van der Waals surface area contributed by atoms with Gasteiger partial charge in [-0.2, -0.15) is 0 Å². The van der Waals surface area contributed by atoms with E-state index >= 15 is 0 Å². The van der Waals surface area contributed by atoms with Crippen molar-refractivity contribution in [2.45, 2.75) is 37.6 Å². The summed E-state index contributed by atoms with van der Waals surface area (Å²) in [7, 11) is 0.